The first-order chi connectivity index (χ1) is 9.54. The number of halogens is 2. The van der Waals surface area contributed by atoms with E-state index in [0.29, 0.717) is 21.7 Å². The standard InChI is InChI=1S/C16H21Cl2NO/c1-3-19(13-6-4-5-7-13)11(2)16(20)14-9-8-12(17)10-15(14)18/h8-11,13H,3-7H2,1-2H3. The van der Waals surface area contributed by atoms with Crippen molar-refractivity contribution in [1.82, 2.24) is 4.90 Å². The minimum atomic E-state index is -0.137. The average molecular weight is 314 g/mol. The lowest BCUT2D eigenvalue weighted by molar-refractivity contribution is 0.0776. The fourth-order valence-corrected chi connectivity index (χ4v) is 3.65. The molecule has 1 unspecified atom stereocenters. The first-order valence-corrected chi connectivity index (χ1v) is 8.05. The summed E-state index contributed by atoms with van der Waals surface area (Å²) in [6.07, 6.45) is 4.92. The van der Waals surface area contributed by atoms with Crippen molar-refractivity contribution in [1.29, 1.82) is 0 Å². The largest absolute Gasteiger partial charge is 0.292 e. The predicted molar refractivity (Wildman–Crippen MR) is 84.9 cm³/mol. The third kappa shape index (κ3) is 3.36. The molecule has 1 aromatic carbocycles. The summed E-state index contributed by atoms with van der Waals surface area (Å²) in [6.45, 7) is 4.99. The number of ketones is 1. The molecule has 110 valence electrons. The fourth-order valence-electron chi connectivity index (χ4n) is 3.15. The van der Waals surface area contributed by atoms with Crippen LogP contribution in [-0.2, 0) is 0 Å². The lowest BCUT2D eigenvalue weighted by Crippen LogP contribution is -2.44. The van der Waals surface area contributed by atoms with Gasteiger partial charge in [-0.25, -0.2) is 0 Å². The van der Waals surface area contributed by atoms with E-state index in [-0.39, 0.29) is 11.8 Å². The molecule has 0 aliphatic heterocycles. The first-order valence-electron chi connectivity index (χ1n) is 7.29. The SMILES string of the molecule is CCN(C1CCCC1)C(C)C(=O)c1ccc(Cl)cc1Cl. The smallest absolute Gasteiger partial charge is 0.181 e. The fraction of sp³-hybridized carbons (Fsp3) is 0.562. The van der Waals surface area contributed by atoms with Gasteiger partial charge in [-0.2, -0.15) is 0 Å². The van der Waals surface area contributed by atoms with Gasteiger partial charge in [0.15, 0.2) is 5.78 Å². The zero-order chi connectivity index (χ0) is 14.7. The Bertz CT molecular complexity index is 483. The van der Waals surface area contributed by atoms with Crippen molar-refractivity contribution in [2.24, 2.45) is 0 Å². The molecule has 1 fully saturated rings. The zero-order valence-electron chi connectivity index (χ0n) is 12.0. The van der Waals surface area contributed by atoms with E-state index in [2.05, 4.69) is 11.8 Å². The van der Waals surface area contributed by atoms with Gasteiger partial charge in [0.05, 0.1) is 11.1 Å². The van der Waals surface area contributed by atoms with Gasteiger partial charge in [-0.05, 0) is 44.5 Å². The van der Waals surface area contributed by atoms with Crippen molar-refractivity contribution in [2.75, 3.05) is 6.54 Å². The molecular formula is C16H21Cl2NO. The predicted octanol–water partition coefficient (Wildman–Crippen LogP) is 4.83. The molecule has 0 aromatic heterocycles. The average Bonchev–Trinajstić information content (AvgIpc) is 2.92. The Morgan fingerprint density at radius 3 is 2.55 bits per heavy atom. The highest BCUT2D eigenvalue weighted by Crippen LogP contribution is 2.28. The lowest BCUT2D eigenvalue weighted by Gasteiger charge is -2.32. The maximum Gasteiger partial charge on any atom is 0.181 e. The van der Waals surface area contributed by atoms with Crippen LogP contribution in [0.5, 0.6) is 0 Å². The maximum absolute atomic E-state index is 12.7. The second-order valence-electron chi connectivity index (χ2n) is 5.43. The molecular weight excluding hydrogens is 293 g/mol. The molecule has 0 bridgehead atoms. The molecule has 0 N–H and O–H groups in total. The van der Waals surface area contributed by atoms with Crippen molar-refractivity contribution in [3.05, 3.63) is 33.8 Å². The zero-order valence-corrected chi connectivity index (χ0v) is 13.5. The molecule has 1 aliphatic carbocycles. The number of hydrogen-bond donors (Lipinski definition) is 0. The molecule has 2 rings (SSSR count). The van der Waals surface area contributed by atoms with E-state index in [0.717, 1.165) is 6.54 Å². The highest BCUT2D eigenvalue weighted by atomic mass is 35.5. The monoisotopic (exact) mass is 313 g/mol. The maximum atomic E-state index is 12.7. The third-order valence-corrected chi connectivity index (χ3v) is 4.78. The molecule has 2 nitrogen and oxygen atoms in total. The second kappa shape index (κ2) is 6.93. The summed E-state index contributed by atoms with van der Waals surface area (Å²) in [7, 11) is 0. The van der Waals surface area contributed by atoms with Crippen LogP contribution in [0, 0.1) is 0 Å². The molecule has 1 aliphatic rings. The normalized spacial score (nSPS) is 17.6. The van der Waals surface area contributed by atoms with E-state index >= 15 is 0 Å². The molecule has 0 saturated heterocycles. The second-order valence-corrected chi connectivity index (χ2v) is 6.28. The lowest BCUT2D eigenvalue weighted by atomic mass is 10.0. The summed E-state index contributed by atoms with van der Waals surface area (Å²) in [5.41, 5.74) is 0.569. The number of nitrogens with zero attached hydrogens (tertiary/aromatic N) is 1. The van der Waals surface area contributed by atoms with Crippen LogP contribution in [0.4, 0.5) is 0 Å². The van der Waals surface area contributed by atoms with Gasteiger partial charge in [0.2, 0.25) is 0 Å². The highest BCUT2D eigenvalue weighted by molar-refractivity contribution is 6.37. The van der Waals surface area contributed by atoms with Crippen LogP contribution >= 0.6 is 23.2 Å². The summed E-state index contributed by atoms with van der Waals surface area (Å²) >= 11 is 12.0. The van der Waals surface area contributed by atoms with Crippen molar-refractivity contribution in [3.63, 3.8) is 0 Å². The molecule has 1 aromatic rings. The van der Waals surface area contributed by atoms with Gasteiger partial charge in [0.25, 0.3) is 0 Å². The number of hydrogen-bond acceptors (Lipinski definition) is 2. The molecule has 20 heavy (non-hydrogen) atoms. The summed E-state index contributed by atoms with van der Waals surface area (Å²) in [5, 5.41) is 0.999. The minimum absolute atomic E-state index is 0.0837. The van der Waals surface area contributed by atoms with Gasteiger partial charge in [-0.1, -0.05) is 43.0 Å². The highest BCUT2D eigenvalue weighted by Gasteiger charge is 2.30. The number of Topliss-reactive ketones (excluding diaryl/α,β-unsaturated/α-hetero) is 1. The first kappa shape index (κ1) is 15.8. The van der Waals surface area contributed by atoms with Crippen LogP contribution in [0.2, 0.25) is 10.0 Å². The molecule has 0 amide bonds. The van der Waals surface area contributed by atoms with E-state index in [4.69, 9.17) is 23.2 Å². The van der Waals surface area contributed by atoms with Gasteiger partial charge >= 0.3 is 0 Å². The van der Waals surface area contributed by atoms with Crippen LogP contribution < -0.4 is 0 Å². The molecule has 1 saturated carbocycles. The van der Waals surface area contributed by atoms with Crippen molar-refractivity contribution >= 4 is 29.0 Å². The van der Waals surface area contributed by atoms with E-state index in [9.17, 15) is 4.79 Å². The number of rotatable bonds is 5. The summed E-state index contributed by atoms with van der Waals surface area (Å²) < 4.78 is 0. The quantitative estimate of drug-likeness (QED) is 0.726. The van der Waals surface area contributed by atoms with Crippen LogP contribution in [-0.4, -0.2) is 29.3 Å². The van der Waals surface area contributed by atoms with Crippen molar-refractivity contribution in [3.8, 4) is 0 Å². The van der Waals surface area contributed by atoms with Crippen LogP contribution in [0.1, 0.15) is 49.9 Å². The third-order valence-electron chi connectivity index (χ3n) is 4.23. The van der Waals surface area contributed by atoms with E-state index in [1.165, 1.54) is 25.7 Å². The Kier molecular flexibility index (Phi) is 5.48. The minimum Gasteiger partial charge on any atom is -0.292 e. The van der Waals surface area contributed by atoms with Gasteiger partial charge in [-0.3, -0.25) is 9.69 Å². The topological polar surface area (TPSA) is 20.3 Å². The van der Waals surface area contributed by atoms with Gasteiger partial charge in [0.1, 0.15) is 0 Å². The van der Waals surface area contributed by atoms with Gasteiger partial charge in [-0.15, -0.1) is 0 Å². The van der Waals surface area contributed by atoms with E-state index in [1.54, 1.807) is 18.2 Å². The van der Waals surface area contributed by atoms with E-state index in [1.807, 2.05) is 6.92 Å². The molecule has 4 heteroatoms. The Balaban J connectivity index is 2.17. The number of likely N-dealkylation sites (N-methyl/N-ethyl adjacent to an activating group) is 1. The Labute approximate surface area is 131 Å². The number of benzene rings is 1. The Morgan fingerprint density at radius 1 is 1.35 bits per heavy atom. The van der Waals surface area contributed by atoms with Crippen LogP contribution in [0.15, 0.2) is 18.2 Å². The van der Waals surface area contributed by atoms with Crippen LogP contribution in [0.3, 0.4) is 0 Å². The summed E-state index contributed by atoms with van der Waals surface area (Å²) in [6, 6.07) is 5.48. The number of carbonyl (C=O) groups excluding carboxylic acids is 1. The summed E-state index contributed by atoms with van der Waals surface area (Å²) in [4.78, 5) is 15.0. The Hall–Kier alpha value is -0.570. The van der Waals surface area contributed by atoms with Crippen LogP contribution in [0.25, 0.3) is 0 Å². The molecule has 0 radical (unpaired) electrons. The summed E-state index contributed by atoms with van der Waals surface area (Å²) in [5.74, 6) is 0.0837. The van der Waals surface area contributed by atoms with Crippen molar-refractivity contribution in [2.45, 2.75) is 51.6 Å². The number of carbonyl (C=O) groups is 1. The Morgan fingerprint density at radius 2 is 2.00 bits per heavy atom. The van der Waals surface area contributed by atoms with Gasteiger partial charge < -0.3 is 0 Å². The molecule has 1 atom stereocenters. The van der Waals surface area contributed by atoms with Crippen molar-refractivity contribution < 1.29 is 4.79 Å². The van der Waals surface area contributed by atoms with Gasteiger partial charge in [0, 0.05) is 16.6 Å². The molecule has 0 spiro atoms. The van der Waals surface area contributed by atoms with E-state index < -0.39 is 0 Å². The molecule has 0 heterocycles.